The van der Waals surface area contributed by atoms with Gasteiger partial charge in [-0.05, 0) is 55.0 Å². The van der Waals surface area contributed by atoms with Gasteiger partial charge in [-0.3, -0.25) is 0 Å². The minimum absolute atomic E-state index is 0.764. The summed E-state index contributed by atoms with van der Waals surface area (Å²) < 4.78 is 5.27. The van der Waals surface area contributed by atoms with E-state index in [1.807, 2.05) is 6.07 Å². The smallest absolute Gasteiger partial charge is 0.119 e. The third kappa shape index (κ3) is 1.44. The first-order chi connectivity index (χ1) is 7.38. The zero-order valence-corrected chi connectivity index (χ0v) is 9.07. The third-order valence-corrected chi connectivity index (χ3v) is 3.99. The Balaban J connectivity index is 1.81. The summed E-state index contributed by atoms with van der Waals surface area (Å²) in [4.78, 5) is 0. The van der Waals surface area contributed by atoms with Crippen LogP contribution in [0.4, 0.5) is 0 Å². The molecule has 3 rings (SSSR count). The van der Waals surface area contributed by atoms with Crippen molar-refractivity contribution in [2.24, 2.45) is 11.8 Å². The molecule has 1 aliphatic heterocycles. The van der Waals surface area contributed by atoms with Crippen molar-refractivity contribution in [2.75, 3.05) is 20.2 Å². The standard InChI is InChI=1S/C13H17NO/c1-15-11-4-2-3-9(5-11)12-6-10-7-14-8-13(10)12/h2-5,10,12-14H,6-8H2,1H3/t10-,12+,13-/m1/s1. The van der Waals surface area contributed by atoms with E-state index in [4.69, 9.17) is 4.74 Å². The van der Waals surface area contributed by atoms with Gasteiger partial charge in [0.1, 0.15) is 5.75 Å². The van der Waals surface area contributed by atoms with E-state index < -0.39 is 0 Å². The Morgan fingerprint density at radius 3 is 3.07 bits per heavy atom. The van der Waals surface area contributed by atoms with Crippen molar-refractivity contribution in [3.63, 3.8) is 0 Å². The van der Waals surface area contributed by atoms with Gasteiger partial charge in [0.15, 0.2) is 0 Å². The fourth-order valence-corrected chi connectivity index (χ4v) is 3.04. The van der Waals surface area contributed by atoms with Crippen LogP contribution in [0.25, 0.3) is 0 Å². The molecule has 80 valence electrons. The summed E-state index contributed by atoms with van der Waals surface area (Å²) in [6, 6.07) is 8.55. The largest absolute Gasteiger partial charge is 0.497 e. The number of methoxy groups -OCH3 is 1. The topological polar surface area (TPSA) is 21.3 Å². The molecule has 0 unspecified atom stereocenters. The van der Waals surface area contributed by atoms with Crippen LogP contribution in [0.1, 0.15) is 17.9 Å². The van der Waals surface area contributed by atoms with Gasteiger partial charge in [0.05, 0.1) is 7.11 Å². The van der Waals surface area contributed by atoms with Crippen LogP contribution >= 0.6 is 0 Å². The van der Waals surface area contributed by atoms with Crippen LogP contribution in [-0.2, 0) is 0 Å². The van der Waals surface area contributed by atoms with E-state index in [2.05, 4.69) is 23.5 Å². The van der Waals surface area contributed by atoms with Gasteiger partial charge < -0.3 is 10.1 Å². The molecule has 2 aliphatic rings. The highest BCUT2D eigenvalue weighted by atomic mass is 16.5. The second-order valence-corrected chi connectivity index (χ2v) is 4.70. The predicted molar refractivity (Wildman–Crippen MR) is 60.2 cm³/mol. The Bertz CT molecular complexity index is 363. The second-order valence-electron chi connectivity index (χ2n) is 4.70. The van der Waals surface area contributed by atoms with Gasteiger partial charge in [-0.2, -0.15) is 0 Å². The van der Waals surface area contributed by atoms with Gasteiger partial charge in [0.25, 0.3) is 0 Å². The molecule has 0 spiro atoms. The number of hydrogen-bond acceptors (Lipinski definition) is 2. The van der Waals surface area contributed by atoms with Crippen molar-refractivity contribution < 1.29 is 4.74 Å². The molecule has 2 heteroatoms. The number of benzene rings is 1. The van der Waals surface area contributed by atoms with Crippen LogP contribution in [0, 0.1) is 11.8 Å². The molecule has 1 N–H and O–H groups in total. The molecular weight excluding hydrogens is 186 g/mol. The van der Waals surface area contributed by atoms with E-state index in [0.29, 0.717) is 0 Å². The zero-order valence-electron chi connectivity index (χ0n) is 9.07. The highest BCUT2D eigenvalue weighted by Crippen LogP contribution is 2.49. The number of ether oxygens (including phenoxy) is 1. The summed E-state index contributed by atoms with van der Waals surface area (Å²) in [5.41, 5.74) is 1.46. The van der Waals surface area contributed by atoms with E-state index >= 15 is 0 Å². The average molecular weight is 203 g/mol. The molecule has 0 bridgehead atoms. The summed E-state index contributed by atoms with van der Waals surface area (Å²) in [5.74, 6) is 3.56. The van der Waals surface area contributed by atoms with Crippen molar-refractivity contribution >= 4 is 0 Å². The maximum absolute atomic E-state index is 5.27. The first-order valence-corrected chi connectivity index (χ1v) is 5.73. The average Bonchev–Trinajstić information content (AvgIpc) is 2.61. The Labute approximate surface area is 90.6 Å². The molecule has 1 aromatic carbocycles. The molecule has 1 saturated heterocycles. The molecule has 3 atom stereocenters. The minimum atomic E-state index is 0.764. The Morgan fingerprint density at radius 2 is 2.27 bits per heavy atom. The zero-order chi connectivity index (χ0) is 10.3. The molecule has 15 heavy (non-hydrogen) atoms. The maximum atomic E-state index is 5.27. The van der Waals surface area contributed by atoms with Crippen molar-refractivity contribution in [1.82, 2.24) is 5.32 Å². The fourth-order valence-electron chi connectivity index (χ4n) is 3.04. The minimum Gasteiger partial charge on any atom is -0.497 e. The van der Waals surface area contributed by atoms with Crippen LogP contribution in [-0.4, -0.2) is 20.2 Å². The lowest BCUT2D eigenvalue weighted by molar-refractivity contribution is 0.190. The van der Waals surface area contributed by atoms with E-state index in [1.165, 1.54) is 25.1 Å². The van der Waals surface area contributed by atoms with Crippen LogP contribution < -0.4 is 10.1 Å². The summed E-state index contributed by atoms with van der Waals surface area (Å²) in [7, 11) is 1.74. The lowest BCUT2D eigenvalue weighted by Gasteiger charge is -2.40. The fraction of sp³-hybridized carbons (Fsp3) is 0.538. The first-order valence-electron chi connectivity index (χ1n) is 5.73. The maximum Gasteiger partial charge on any atom is 0.119 e. The summed E-state index contributed by atoms with van der Waals surface area (Å²) in [5, 5.41) is 3.48. The SMILES string of the molecule is COc1cccc([C@@H]2C[C@@H]3CNC[C@H]32)c1. The number of hydrogen-bond donors (Lipinski definition) is 1. The lowest BCUT2D eigenvalue weighted by Crippen LogP contribution is -2.33. The van der Waals surface area contributed by atoms with Crippen LogP contribution in [0.2, 0.25) is 0 Å². The van der Waals surface area contributed by atoms with Gasteiger partial charge in [0, 0.05) is 0 Å². The summed E-state index contributed by atoms with van der Waals surface area (Å²) >= 11 is 0. The molecule has 1 aliphatic carbocycles. The number of rotatable bonds is 2. The molecule has 1 aromatic rings. The van der Waals surface area contributed by atoms with E-state index in [1.54, 1.807) is 7.11 Å². The Hall–Kier alpha value is -1.02. The molecule has 0 aromatic heterocycles. The molecule has 0 radical (unpaired) electrons. The highest BCUT2D eigenvalue weighted by Gasteiger charge is 2.44. The van der Waals surface area contributed by atoms with Gasteiger partial charge in [-0.25, -0.2) is 0 Å². The molecule has 1 saturated carbocycles. The lowest BCUT2D eigenvalue weighted by atomic mass is 9.64. The van der Waals surface area contributed by atoms with Gasteiger partial charge in [-0.1, -0.05) is 12.1 Å². The van der Waals surface area contributed by atoms with Crippen molar-refractivity contribution in [3.8, 4) is 5.75 Å². The number of nitrogens with one attached hydrogen (secondary N) is 1. The Kier molecular flexibility index (Phi) is 2.17. The van der Waals surface area contributed by atoms with Crippen molar-refractivity contribution in [1.29, 1.82) is 0 Å². The van der Waals surface area contributed by atoms with Gasteiger partial charge >= 0.3 is 0 Å². The van der Waals surface area contributed by atoms with E-state index in [-0.39, 0.29) is 0 Å². The van der Waals surface area contributed by atoms with Crippen LogP contribution in [0.15, 0.2) is 24.3 Å². The van der Waals surface area contributed by atoms with Gasteiger partial charge in [0.2, 0.25) is 0 Å². The van der Waals surface area contributed by atoms with Crippen molar-refractivity contribution in [3.05, 3.63) is 29.8 Å². The number of fused-ring (bicyclic) bond motifs is 1. The molecular formula is C13H17NO. The van der Waals surface area contributed by atoms with Crippen molar-refractivity contribution in [2.45, 2.75) is 12.3 Å². The van der Waals surface area contributed by atoms with Crippen LogP contribution in [0.3, 0.4) is 0 Å². The van der Waals surface area contributed by atoms with E-state index in [0.717, 1.165) is 23.5 Å². The first kappa shape index (κ1) is 9.22. The normalized spacial score (nSPS) is 33.3. The van der Waals surface area contributed by atoms with E-state index in [9.17, 15) is 0 Å². The monoisotopic (exact) mass is 203 g/mol. The quantitative estimate of drug-likeness (QED) is 0.794. The molecule has 1 heterocycles. The molecule has 0 amide bonds. The van der Waals surface area contributed by atoms with Gasteiger partial charge in [-0.15, -0.1) is 0 Å². The second kappa shape index (κ2) is 3.53. The summed E-state index contributed by atoms with van der Waals surface area (Å²) in [6.07, 6.45) is 1.35. The molecule has 2 nitrogen and oxygen atoms in total. The Morgan fingerprint density at radius 1 is 1.33 bits per heavy atom. The highest BCUT2D eigenvalue weighted by molar-refractivity contribution is 5.33. The summed E-state index contributed by atoms with van der Waals surface area (Å²) in [6.45, 7) is 2.43. The third-order valence-electron chi connectivity index (χ3n) is 3.99. The van der Waals surface area contributed by atoms with Crippen LogP contribution in [0.5, 0.6) is 5.75 Å². The predicted octanol–water partition coefficient (Wildman–Crippen LogP) is 2.02. The molecule has 2 fully saturated rings.